The standard InChI is InChI=1S/C19H28N2O/c1-14-3-4-17(11-15(14)2)13-21(18-6-7-18)19(22)8-5-16-9-10-20-12-16/h3-4,11,16,18,20H,5-10,12-13H2,1-2H3. The molecule has 1 saturated carbocycles. The fourth-order valence-corrected chi connectivity index (χ4v) is 3.34. The summed E-state index contributed by atoms with van der Waals surface area (Å²) in [5, 5.41) is 3.39. The lowest BCUT2D eigenvalue weighted by molar-refractivity contribution is -0.132. The van der Waals surface area contributed by atoms with Gasteiger partial charge < -0.3 is 10.2 Å². The Morgan fingerprint density at radius 3 is 2.68 bits per heavy atom. The van der Waals surface area contributed by atoms with Crippen LogP contribution in [0.4, 0.5) is 0 Å². The van der Waals surface area contributed by atoms with Crippen LogP contribution >= 0.6 is 0 Å². The van der Waals surface area contributed by atoms with Gasteiger partial charge in [-0.1, -0.05) is 18.2 Å². The molecule has 3 heteroatoms. The fourth-order valence-electron chi connectivity index (χ4n) is 3.34. The Hall–Kier alpha value is -1.35. The number of amides is 1. The number of carbonyl (C=O) groups is 1. The van der Waals surface area contributed by atoms with Crippen LogP contribution in [0.2, 0.25) is 0 Å². The zero-order chi connectivity index (χ0) is 15.5. The van der Waals surface area contributed by atoms with Crippen molar-refractivity contribution in [2.45, 2.75) is 58.5 Å². The summed E-state index contributed by atoms with van der Waals surface area (Å²) >= 11 is 0. The van der Waals surface area contributed by atoms with Crippen molar-refractivity contribution in [3.63, 3.8) is 0 Å². The molecule has 1 aromatic carbocycles. The molecule has 1 saturated heterocycles. The van der Waals surface area contributed by atoms with Crippen LogP contribution in [0.5, 0.6) is 0 Å². The molecular formula is C19H28N2O. The van der Waals surface area contributed by atoms with Crippen LogP contribution < -0.4 is 5.32 Å². The second-order valence-corrected chi connectivity index (χ2v) is 7.07. The average Bonchev–Trinajstić information content (AvgIpc) is 3.21. The molecule has 0 bridgehead atoms. The van der Waals surface area contributed by atoms with Crippen molar-refractivity contribution in [2.75, 3.05) is 13.1 Å². The van der Waals surface area contributed by atoms with E-state index in [1.54, 1.807) is 0 Å². The molecule has 1 aliphatic heterocycles. The van der Waals surface area contributed by atoms with E-state index in [-0.39, 0.29) is 0 Å². The third-order valence-corrected chi connectivity index (χ3v) is 5.16. The molecule has 120 valence electrons. The summed E-state index contributed by atoms with van der Waals surface area (Å²) in [4.78, 5) is 14.8. The Labute approximate surface area is 134 Å². The first-order chi connectivity index (χ1) is 10.6. The lowest BCUT2D eigenvalue weighted by Gasteiger charge is -2.23. The minimum atomic E-state index is 0.354. The van der Waals surface area contributed by atoms with Crippen molar-refractivity contribution in [3.05, 3.63) is 34.9 Å². The first-order valence-corrected chi connectivity index (χ1v) is 8.70. The molecule has 3 nitrogen and oxygen atoms in total. The predicted molar refractivity (Wildman–Crippen MR) is 89.7 cm³/mol. The first kappa shape index (κ1) is 15.5. The van der Waals surface area contributed by atoms with Gasteiger partial charge in [-0.2, -0.15) is 0 Å². The van der Waals surface area contributed by atoms with Crippen molar-refractivity contribution in [2.24, 2.45) is 5.92 Å². The summed E-state index contributed by atoms with van der Waals surface area (Å²) in [5.74, 6) is 1.05. The Morgan fingerprint density at radius 1 is 1.23 bits per heavy atom. The Balaban J connectivity index is 1.59. The second-order valence-electron chi connectivity index (χ2n) is 7.07. The van der Waals surface area contributed by atoms with Crippen LogP contribution in [-0.4, -0.2) is 29.9 Å². The van der Waals surface area contributed by atoms with Gasteiger partial charge in [-0.3, -0.25) is 4.79 Å². The maximum Gasteiger partial charge on any atom is 0.223 e. The highest BCUT2D eigenvalue weighted by Gasteiger charge is 2.32. The van der Waals surface area contributed by atoms with Gasteiger partial charge in [0.25, 0.3) is 0 Å². The van der Waals surface area contributed by atoms with Crippen LogP contribution in [-0.2, 0) is 11.3 Å². The molecule has 1 aromatic rings. The van der Waals surface area contributed by atoms with Gasteiger partial charge in [-0.25, -0.2) is 0 Å². The molecule has 0 aromatic heterocycles. The molecule has 1 N–H and O–H groups in total. The van der Waals surface area contributed by atoms with E-state index in [4.69, 9.17) is 0 Å². The van der Waals surface area contributed by atoms with Crippen molar-refractivity contribution in [1.82, 2.24) is 10.2 Å². The van der Waals surface area contributed by atoms with E-state index < -0.39 is 0 Å². The number of carbonyl (C=O) groups excluding carboxylic acids is 1. The van der Waals surface area contributed by atoms with Crippen LogP contribution in [0.3, 0.4) is 0 Å². The first-order valence-electron chi connectivity index (χ1n) is 8.70. The van der Waals surface area contributed by atoms with Gasteiger partial charge in [0.2, 0.25) is 5.91 Å². The lowest BCUT2D eigenvalue weighted by atomic mass is 10.0. The monoisotopic (exact) mass is 300 g/mol. The Bertz CT molecular complexity index is 530. The van der Waals surface area contributed by atoms with Crippen LogP contribution in [0.1, 0.15) is 48.8 Å². The highest BCUT2D eigenvalue weighted by Crippen LogP contribution is 2.30. The molecule has 2 aliphatic rings. The minimum absolute atomic E-state index is 0.354. The van der Waals surface area contributed by atoms with E-state index in [9.17, 15) is 4.79 Å². The number of rotatable bonds is 6. The summed E-state index contributed by atoms with van der Waals surface area (Å²) in [6.45, 7) is 7.28. The van der Waals surface area contributed by atoms with Gasteiger partial charge in [0, 0.05) is 19.0 Å². The van der Waals surface area contributed by atoms with Crippen molar-refractivity contribution in [1.29, 1.82) is 0 Å². The Kier molecular flexibility index (Phi) is 4.82. The summed E-state index contributed by atoms with van der Waals surface area (Å²) in [5.41, 5.74) is 3.91. The molecule has 0 radical (unpaired) electrons. The molecule has 1 amide bonds. The van der Waals surface area contributed by atoms with Gasteiger partial charge in [-0.05, 0) is 75.2 Å². The predicted octanol–water partition coefficient (Wildman–Crippen LogP) is 3.18. The summed E-state index contributed by atoms with van der Waals surface area (Å²) < 4.78 is 0. The smallest absolute Gasteiger partial charge is 0.223 e. The summed E-state index contributed by atoms with van der Waals surface area (Å²) in [7, 11) is 0. The highest BCUT2D eigenvalue weighted by atomic mass is 16.2. The van der Waals surface area contributed by atoms with Crippen LogP contribution in [0.15, 0.2) is 18.2 Å². The third kappa shape index (κ3) is 3.89. The van der Waals surface area contributed by atoms with E-state index in [1.165, 1.54) is 36.0 Å². The van der Waals surface area contributed by atoms with Crippen molar-refractivity contribution >= 4 is 5.91 Å². The molecule has 1 heterocycles. The number of nitrogens with zero attached hydrogens (tertiary/aromatic N) is 1. The summed E-state index contributed by atoms with van der Waals surface area (Å²) in [6.07, 6.45) is 5.35. The largest absolute Gasteiger partial charge is 0.335 e. The van der Waals surface area contributed by atoms with Crippen molar-refractivity contribution < 1.29 is 4.79 Å². The van der Waals surface area contributed by atoms with Crippen LogP contribution in [0, 0.1) is 19.8 Å². The number of nitrogens with one attached hydrogen (secondary N) is 1. The molecule has 2 fully saturated rings. The number of aryl methyl sites for hydroxylation is 2. The van der Waals surface area contributed by atoms with Gasteiger partial charge >= 0.3 is 0 Å². The number of hydrogen-bond donors (Lipinski definition) is 1. The normalized spacial score (nSPS) is 21.1. The van der Waals surface area contributed by atoms with Crippen LogP contribution in [0.25, 0.3) is 0 Å². The molecule has 1 aliphatic carbocycles. The highest BCUT2D eigenvalue weighted by molar-refractivity contribution is 5.77. The molecule has 0 spiro atoms. The number of benzene rings is 1. The zero-order valence-corrected chi connectivity index (χ0v) is 13.9. The molecule has 22 heavy (non-hydrogen) atoms. The van der Waals surface area contributed by atoms with E-state index in [0.717, 1.165) is 26.1 Å². The second kappa shape index (κ2) is 6.82. The van der Waals surface area contributed by atoms with E-state index in [0.29, 0.717) is 24.3 Å². The minimum Gasteiger partial charge on any atom is -0.335 e. The van der Waals surface area contributed by atoms with Crippen molar-refractivity contribution in [3.8, 4) is 0 Å². The van der Waals surface area contributed by atoms with E-state index >= 15 is 0 Å². The van der Waals surface area contributed by atoms with E-state index in [2.05, 4.69) is 42.3 Å². The average molecular weight is 300 g/mol. The molecular weight excluding hydrogens is 272 g/mol. The number of hydrogen-bond acceptors (Lipinski definition) is 2. The van der Waals surface area contributed by atoms with Gasteiger partial charge in [0.05, 0.1) is 0 Å². The lowest BCUT2D eigenvalue weighted by Crippen LogP contribution is -2.32. The quantitative estimate of drug-likeness (QED) is 0.875. The van der Waals surface area contributed by atoms with Gasteiger partial charge in [-0.15, -0.1) is 0 Å². The zero-order valence-electron chi connectivity index (χ0n) is 13.9. The third-order valence-electron chi connectivity index (χ3n) is 5.16. The van der Waals surface area contributed by atoms with E-state index in [1.807, 2.05) is 0 Å². The SMILES string of the molecule is Cc1ccc(CN(C(=O)CCC2CCNC2)C2CC2)cc1C. The molecule has 1 atom stereocenters. The summed E-state index contributed by atoms with van der Waals surface area (Å²) in [6, 6.07) is 7.07. The molecule has 1 unspecified atom stereocenters. The maximum atomic E-state index is 12.6. The van der Waals surface area contributed by atoms with Gasteiger partial charge in [0.15, 0.2) is 0 Å². The maximum absolute atomic E-state index is 12.6. The van der Waals surface area contributed by atoms with Gasteiger partial charge in [0.1, 0.15) is 0 Å². The Morgan fingerprint density at radius 2 is 2.05 bits per heavy atom. The molecule has 3 rings (SSSR count). The fraction of sp³-hybridized carbons (Fsp3) is 0.632. The topological polar surface area (TPSA) is 32.3 Å².